The van der Waals surface area contributed by atoms with Gasteiger partial charge in [0.25, 0.3) is 0 Å². The van der Waals surface area contributed by atoms with Crippen LogP contribution in [0.2, 0.25) is 10.0 Å². The van der Waals surface area contributed by atoms with Gasteiger partial charge in [-0.15, -0.1) is 0 Å². The van der Waals surface area contributed by atoms with Gasteiger partial charge in [0.05, 0.1) is 29.3 Å². The van der Waals surface area contributed by atoms with E-state index in [1.165, 1.54) is 6.07 Å². The molecule has 1 aromatic rings. The third-order valence-corrected chi connectivity index (χ3v) is 4.56. The predicted molar refractivity (Wildman–Crippen MR) is 71.8 cm³/mol. The molecule has 19 heavy (non-hydrogen) atoms. The molecule has 1 atom stereocenters. The Labute approximate surface area is 120 Å². The van der Waals surface area contributed by atoms with Crippen LogP contribution < -0.4 is 0 Å². The van der Waals surface area contributed by atoms with Gasteiger partial charge in [0.15, 0.2) is 0 Å². The SMILES string of the molecule is O=C1CC(c2c(O)ccc(Cl)c2Cl)CN1C1COC1. The normalized spacial score (nSPS) is 23.8. The van der Waals surface area contributed by atoms with E-state index >= 15 is 0 Å². The summed E-state index contributed by atoms with van der Waals surface area (Å²) in [5, 5.41) is 10.7. The fourth-order valence-corrected chi connectivity index (χ4v) is 3.10. The summed E-state index contributed by atoms with van der Waals surface area (Å²) in [6, 6.07) is 3.23. The van der Waals surface area contributed by atoms with Crippen molar-refractivity contribution in [2.24, 2.45) is 0 Å². The number of carbonyl (C=O) groups excluding carboxylic acids is 1. The number of likely N-dealkylation sites (tertiary alicyclic amines) is 1. The van der Waals surface area contributed by atoms with Crippen LogP contribution in [-0.2, 0) is 9.53 Å². The van der Waals surface area contributed by atoms with E-state index in [-0.39, 0.29) is 23.6 Å². The van der Waals surface area contributed by atoms with Gasteiger partial charge >= 0.3 is 0 Å². The first-order valence-electron chi connectivity index (χ1n) is 6.12. The number of ether oxygens (including phenoxy) is 1. The van der Waals surface area contributed by atoms with E-state index in [4.69, 9.17) is 27.9 Å². The highest BCUT2D eigenvalue weighted by Gasteiger charge is 2.39. The zero-order chi connectivity index (χ0) is 13.6. The fourth-order valence-electron chi connectivity index (χ4n) is 2.63. The highest BCUT2D eigenvalue weighted by atomic mass is 35.5. The maximum Gasteiger partial charge on any atom is 0.223 e. The number of aromatic hydroxyl groups is 1. The summed E-state index contributed by atoms with van der Waals surface area (Å²) in [4.78, 5) is 13.8. The lowest BCUT2D eigenvalue weighted by Gasteiger charge is -2.34. The molecule has 0 aliphatic carbocycles. The molecule has 2 fully saturated rings. The quantitative estimate of drug-likeness (QED) is 0.912. The molecule has 1 amide bonds. The molecule has 1 unspecified atom stereocenters. The number of carbonyl (C=O) groups is 1. The Morgan fingerprint density at radius 1 is 1.32 bits per heavy atom. The number of hydrogen-bond donors (Lipinski definition) is 1. The number of amides is 1. The number of rotatable bonds is 2. The summed E-state index contributed by atoms with van der Waals surface area (Å²) in [6.07, 6.45) is 0.351. The predicted octanol–water partition coefficient (Wildman–Crippen LogP) is 2.41. The van der Waals surface area contributed by atoms with E-state index in [9.17, 15) is 9.90 Å². The number of benzene rings is 1. The van der Waals surface area contributed by atoms with Gasteiger partial charge in [0.2, 0.25) is 5.91 Å². The molecule has 4 nitrogen and oxygen atoms in total. The van der Waals surface area contributed by atoms with Crippen LogP contribution in [0.15, 0.2) is 12.1 Å². The molecule has 0 radical (unpaired) electrons. The Kier molecular flexibility index (Phi) is 3.33. The Morgan fingerprint density at radius 3 is 2.68 bits per heavy atom. The van der Waals surface area contributed by atoms with Crippen molar-refractivity contribution in [1.82, 2.24) is 4.90 Å². The molecule has 2 aliphatic rings. The van der Waals surface area contributed by atoms with Crippen LogP contribution in [0.4, 0.5) is 0 Å². The van der Waals surface area contributed by atoms with Gasteiger partial charge in [-0.05, 0) is 12.1 Å². The van der Waals surface area contributed by atoms with Crippen LogP contribution in [0.1, 0.15) is 17.9 Å². The van der Waals surface area contributed by atoms with E-state index in [0.717, 1.165) is 0 Å². The zero-order valence-corrected chi connectivity index (χ0v) is 11.6. The number of phenols is 1. The zero-order valence-electron chi connectivity index (χ0n) is 10.1. The summed E-state index contributed by atoms with van der Waals surface area (Å²) in [7, 11) is 0. The molecule has 0 bridgehead atoms. The topological polar surface area (TPSA) is 49.8 Å². The van der Waals surface area contributed by atoms with E-state index in [1.54, 1.807) is 6.07 Å². The van der Waals surface area contributed by atoms with Gasteiger partial charge in [0.1, 0.15) is 5.75 Å². The van der Waals surface area contributed by atoms with Crippen molar-refractivity contribution in [1.29, 1.82) is 0 Å². The van der Waals surface area contributed by atoms with Crippen LogP contribution >= 0.6 is 23.2 Å². The molecule has 2 aliphatic heterocycles. The Balaban J connectivity index is 1.88. The largest absolute Gasteiger partial charge is 0.508 e. The van der Waals surface area contributed by atoms with E-state index in [2.05, 4.69) is 0 Å². The van der Waals surface area contributed by atoms with Crippen LogP contribution in [0.25, 0.3) is 0 Å². The second-order valence-corrected chi connectivity index (χ2v) is 5.72. The number of phenolic OH excluding ortho intramolecular Hbond substituents is 1. The molecule has 2 heterocycles. The van der Waals surface area contributed by atoms with Crippen molar-refractivity contribution < 1.29 is 14.6 Å². The second-order valence-electron chi connectivity index (χ2n) is 4.93. The molecular formula is C13H13Cl2NO3. The van der Waals surface area contributed by atoms with Crippen LogP contribution in [0.5, 0.6) is 5.75 Å². The average Bonchev–Trinajstić information content (AvgIpc) is 2.65. The molecule has 2 saturated heterocycles. The van der Waals surface area contributed by atoms with Crippen molar-refractivity contribution in [3.8, 4) is 5.75 Å². The molecule has 102 valence electrons. The average molecular weight is 302 g/mol. The molecule has 3 rings (SSSR count). The van der Waals surface area contributed by atoms with Gasteiger partial charge in [-0.25, -0.2) is 0 Å². The van der Waals surface area contributed by atoms with Crippen LogP contribution in [-0.4, -0.2) is 41.7 Å². The van der Waals surface area contributed by atoms with E-state index in [1.807, 2.05) is 4.90 Å². The first kappa shape index (κ1) is 13.0. The molecule has 1 N–H and O–H groups in total. The van der Waals surface area contributed by atoms with Crippen LogP contribution in [0.3, 0.4) is 0 Å². The number of halogens is 2. The molecule has 0 saturated carbocycles. The monoisotopic (exact) mass is 301 g/mol. The Morgan fingerprint density at radius 2 is 2.05 bits per heavy atom. The standard InChI is InChI=1S/C13H13Cl2NO3/c14-9-1-2-10(17)12(13(9)15)7-3-11(18)16(4-7)8-5-19-6-8/h1-2,7-8,17H,3-6H2. The number of nitrogens with zero attached hydrogens (tertiary/aromatic N) is 1. The maximum absolute atomic E-state index is 12.0. The molecule has 0 aromatic heterocycles. The first-order valence-corrected chi connectivity index (χ1v) is 6.87. The van der Waals surface area contributed by atoms with Crippen molar-refractivity contribution >= 4 is 29.1 Å². The van der Waals surface area contributed by atoms with Crippen LogP contribution in [0, 0.1) is 0 Å². The summed E-state index contributed by atoms with van der Waals surface area (Å²) in [6.45, 7) is 1.74. The van der Waals surface area contributed by atoms with Crippen molar-refractivity contribution in [3.05, 3.63) is 27.7 Å². The first-order chi connectivity index (χ1) is 9.08. The summed E-state index contributed by atoms with van der Waals surface area (Å²) < 4.78 is 5.11. The van der Waals surface area contributed by atoms with Gasteiger partial charge in [-0.1, -0.05) is 23.2 Å². The Hall–Kier alpha value is -0.970. The second kappa shape index (κ2) is 4.85. The maximum atomic E-state index is 12.0. The van der Waals surface area contributed by atoms with Crippen molar-refractivity contribution in [2.75, 3.05) is 19.8 Å². The minimum absolute atomic E-state index is 0.0775. The third-order valence-electron chi connectivity index (χ3n) is 3.74. The molecular weight excluding hydrogens is 289 g/mol. The molecule has 1 aromatic carbocycles. The highest BCUT2D eigenvalue weighted by molar-refractivity contribution is 6.42. The summed E-state index contributed by atoms with van der Waals surface area (Å²) in [5.74, 6) is 0.0620. The van der Waals surface area contributed by atoms with Gasteiger partial charge in [-0.3, -0.25) is 4.79 Å². The Bertz CT molecular complexity index is 531. The highest BCUT2D eigenvalue weighted by Crippen LogP contribution is 2.42. The van der Waals surface area contributed by atoms with E-state index in [0.29, 0.717) is 41.8 Å². The smallest absolute Gasteiger partial charge is 0.223 e. The van der Waals surface area contributed by atoms with Gasteiger partial charge in [-0.2, -0.15) is 0 Å². The summed E-state index contributed by atoms with van der Waals surface area (Å²) >= 11 is 12.1. The van der Waals surface area contributed by atoms with Crippen molar-refractivity contribution in [3.63, 3.8) is 0 Å². The molecule has 6 heteroatoms. The number of hydrogen-bond acceptors (Lipinski definition) is 3. The minimum atomic E-state index is -0.112. The fraction of sp³-hybridized carbons (Fsp3) is 0.462. The van der Waals surface area contributed by atoms with Gasteiger partial charge in [0, 0.05) is 24.4 Å². The lowest BCUT2D eigenvalue weighted by atomic mass is 9.97. The van der Waals surface area contributed by atoms with Crippen molar-refractivity contribution in [2.45, 2.75) is 18.4 Å². The lowest BCUT2D eigenvalue weighted by molar-refractivity contribution is -0.139. The van der Waals surface area contributed by atoms with E-state index < -0.39 is 0 Å². The molecule has 0 spiro atoms. The third kappa shape index (κ3) is 2.18. The lowest BCUT2D eigenvalue weighted by Crippen LogP contribution is -2.49. The minimum Gasteiger partial charge on any atom is -0.508 e. The van der Waals surface area contributed by atoms with Gasteiger partial charge < -0.3 is 14.7 Å². The summed E-state index contributed by atoms with van der Waals surface area (Å²) in [5.41, 5.74) is 0.574.